The molecule has 1 heterocycles. The number of rotatable bonds is 5. The number of methoxy groups -OCH3 is 2. The molecule has 2 aromatic carbocycles. The number of para-hydroxylation sites is 1. The molecule has 1 fully saturated rings. The molecular formula is C24H26INO3. The first kappa shape index (κ1) is 20.4. The molecule has 1 aliphatic heterocycles. The second kappa shape index (κ2) is 8.48. The fourth-order valence-electron chi connectivity index (χ4n) is 5.10. The predicted molar refractivity (Wildman–Crippen MR) is 122 cm³/mol. The smallest absolute Gasteiger partial charge is 0.314 e. The number of fused-ring (bicyclic) bond motifs is 1. The zero-order valence-electron chi connectivity index (χ0n) is 16.8. The molecule has 0 radical (unpaired) electrons. The van der Waals surface area contributed by atoms with Crippen LogP contribution in [0.25, 0.3) is 0 Å². The Labute approximate surface area is 186 Å². The van der Waals surface area contributed by atoms with Gasteiger partial charge >= 0.3 is 5.97 Å². The van der Waals surface area contributed by atoms with Gasteiger partial charge in [-0.3, -0.25) is 9.69 Å². The van der Waals surface area contributed by atoms with E-state index in [1.165, 1.54) is 16.3 Å². The van der Waals surface area contributed by atoms with Gasteiger partial charge in [0.15, 0.2) is 0 Å². The van der Waals surface area contributed by atoms with Gasteiger partial charge in [-0.15, -0.1) is 0 Å². The monoisotopic (exact) mass is 503 g/mol. The quantitative estimate of drug-likeness (QED) is 0.435. The van der Waals surface area contributed by atoms with Gasteiger partial charge in [-0.1, -0.05) is 54.6 Å². The lowest BCUT2D eigenvalue weighted by Gasteiger charge is -2.42. The highest BCUT2D eigenvalue weighted by molar-refractivity contribution is 14.1. The average molecular weight is 503 g/mol. The van der Waals surface area contributed by atoms with Gasteiger partial charge < -0.3 is 9.47 Å². The Bertz CT molecular complexity index is 913. The van der Waals surface area contributed by atoms with Crippen molar-refractivity contribution < 1.29 is 14.3 Å². The maximum atomic E-state index is 13.4. The highest BCUT2D eigenvalue weighted by Crippen LogP contribution is 2.57. The Morgan fingerprint density at radius 1 is 1.10 bits per heavy atom. The summed E-state index contributed by atoms with van der Waals surface area (Å²) in [5, 5.41) is 0. The number of carbonyl (C=O) groups excluding carboxylic acids is 1. The number of nitrogens with zero attached hydrogens (tertiary/aromatic N) is 1. The van der Waals surface area contributed by atoms with Crippen LogP contribution in [0.2, 0.25) is 0 Å². The fraction of sp³-hybridized carbons (Fsp3) is 0.375. The molecule has 0 saturated carbocycles. The lowest BCUT2D eigenvalue weighted by molar-refractivity contribution is -0.155. The number of carbonyl (C=O) groups is 1. The first-order valence-electron chi connectivity index (χ1n) is 9.93. The van der Waals surface area contributed by atoms with Crippen LogP contribution in [0.15, 0.2) is 64.3 Å². The van der Waals surface area contributed by atoms with Crippen LogP contribution in [0.4, 0.5) is 0 Å². The number of hydrogen-bond acceptors (Lipinski definition) is 4. The van der Waals surface area contributed by atoms with Gasteiger partial charge in [-0.2, -0.15) is 0 Å². The van der Waals surface area contributed by atoms with Crippen LogP contribution >= 0.6 is 22.6 Å². The van der Waals surface area contributed by atoms with Crippen molar-refractivity contribution in [2.45, 2.75) is 18.9 Å². The van der Waals surface area contributed by atoms with Crippen molar-refractivity contribution >= 4 is 28.6 Å². The summed E-state index contributed by atoms with van der Waals surface area (Å²) in [6.45, 7) is 2.37. The van der Waals surface area contributed by atoms with Crippen LogP contribution in [-0.4, -0.2) is 38.2 Å². The second-order valence-corrected chi connectivity index (χ2v) is 9.10. The molecule has 152 valence electrons. The third kappa shape index (κ3) is 3.59. The predicted octanol–water partition coefficient (Wildman–Crippen LogP) is 4.79. The lowest BCUT2D eigenvalue weighted by atomic mass is 9.62. The lowest BCUT2D eigenvalue weighted by Crippen LogP contribution is -2.47. The van der Waals surface area contributed by atoms with Crippen molar-refractivity contribution in [2.24, 2.45) is 11.3 Å². The van der Waals surface area contributed by atoms with E-state index < -0.39 is 5.41 Å². The van der Waals surface area contributed by atoms with Gasteiger partial charge in [-0.05, 0) is 49.8 Å². The summed E-state index contributed by atoms with van der Waals surface area (Å²) in [4.78, 5) is 15.8. The molecule has 3 unspecified atom stereocenters. The molecule has 2 aliphatic rings. The van der Waals surface area contributed by atoms with E-state index in [9.17, 15) is 4.79 Å². The summed E-state index contributed by atoms with van der Waals surface area (Å²) in [6.07, 6.45) is 3.10. The van der Waals surface area contributed by atoms with Crippen LogP contribution in [0.5, 0.6) is 5.75 Å². The average Bonchev–Trinajstić information content (AvgIpc) is 3.15. The van der Waals surface area contributed by atoms with Crippen LogP contribution < -0.4 is 4.74 Å². The zero-order chi connectivity index (χ0) is 20.4. The van der Waals surface area contributed by atoms with E-state index in [1.54, 1.807) is 7.11 Å². The summed E-state index contributed by atoms with van der Waals surface area (Å²) >= 11 is 2.42. The standard InChI is InChI=1S/C24H26INO3/c1-28-22-11-7-6-10-18(22)19-12-13-21(25)20-15-26(14-17-8-4-3-5-9-17)16-24(19,20)23(27)29-2/h3-11,13,19-20H,12,14-16H2,1-2H3. The summed E-state index contributed by atoms with van der Waals surface area (Å²) in [6, 6.07) is 18.5. The van der Waals surface area contributed by atoms with E-state index >= 15 is 0 Å². The van der Waals surface area contributed by atoms with Crippen molar-refractivity contribution in [1.29, 1.82) is 0 Å². The van der Waals surface area contributed by atoms with Gasteiger partial charge in [0.1, 0.15) is 5.75 Å². The van der Waals surface area contributed by atoms with Gasteiger partial charge in [0.2, 0.25) is 0 Å². The highest BCUT2D eigenvalue weighted by atomic mass is 127. The number of ether oxygens (including phenoxy) is 2. The molecule has 0 bridgehead atoms. The molecular weight excluding hydrogens is 477 g/mol. The maximum Gasteiger partial charge on any atom is 0.314 e. The first-order chi connectivity index (χ1) is 14.1. The second-order valence-electron chi connectivity index (χ2n) is 7.86. The maximum absolute atomic E-state index is 13.4. The van der Waals surface area contributed by atoms with Gasteiger partial charge in [0, 0.05) is 31.5 Å². The number of esters is 1. The Balaban J connectivity index is 1.76. The molecule has 4 nitrogen and oxygen atoms in total. The Kier molecular flexibility index (Phi) is 5.97. The molecule has 1 aliphatic carbocycles. The van der Waals surface area contributed by atoms with E-state index in [0.29, 0.717) is 6.54 Å². The van der Waals surface area contributed by atoms with E-state index in [0.717, 1.165) is 30.8 Å². The fourth-order valence-corrected chi connectivity index (χ4v) is 6.10. The number of allylic oxidation sites excluding steroid dienone is 1. The minimum Gasteiger partial charge on any atom is -0.496 e. The molecule has 5 heteroatoms. The Morgan fingerprint density at radius 3 is 2.55 bits per heavy atom. The van der Waals surface area contributed by atoms with Crippen LogP contribution in [0.3, 0.4) is 0 Å². The summed E-state index contributed by atoms with van der Waals surface area (Å²) < 4.78 is 12.4. The van der Waals surface area contributed by atoms with Crippen molar-refractivity contribution in [3.63, 3.8) is 0 Å². The summed E-state index contributed by atoms with van der Waals surface area (Å²) in [5.41, 5.74) is 1.75. The van der Waals surface area contributed by atoms with E-state index in [1.807, 2.05) is 24.3 Å². The van der Waals surface area contributed by atoms with Gasteiger partial charge in [0.25, 0.3) is 0 Å². The molecule has 0 N–H and O–H groups in total. The SMILES string of the molecule is COC(=O)C12CN(Cc3ccccc3)CC1C(I)=CCC2c1ccccc1OC. The van der Waals surface area contributed by atoms with Crippen LogP contribution in [0, 0.1) is 11.3 Å². The number of likely N-dealkylation sites (tertiary alicyclic amines) is 1. The van der Waals surface area contributed by atoms with E-state index in [-0.39, 0.29) is 17.8 Å². The zero-order valence-corrected chi connectivity index (χ0v) is 19.0. The highest BCUT2D eigenvalue weighted by Gasteiger charge is 2.60. The van der Waals surface area contributed by atoms with Crippen molar-refractivity contribution in [3.8, 4) is 5.75 Å². The topological polar surface area (TPSA) is 38.8 Å². The molecule has 3 atom stereocenters. The van der Waals surface area contributed by atoms with E-state index in [4.69, 9.17) is 9.47 Å². The normalized spacial score (nSPS) is 26.5. The Hall–Kier alpha value is -1.86. The van der Waals surface area contributed by atoms with Gasteiger partial charge in [0.05, 0.1) is 19.6 Å². The molecule has 0 amide bonds. The number of benzene rings is 2. The molecule has 1 saturated heterocycles. The third-order valence-corrected chi connectivity index (χ3v) is 7.57. The third-order valence-electron chi connectivity index (χ3n) is 6.38. The van der Waals surface area contributed by atoms with Crippen LogP contribution in [-0.2, 0) is 16.1 Å². The largest absolute Gasteiger partial charge is 0.496 e. The molecule has 2 aromatic rings. The van der Waals surface area contributed by atoms with Crippen molar-refractivity contribution in [3.05, 3.63) is 75.4 Å². The first-order valence-corrected chi connectivity index (χ1v) is 11.0. The minimum atomic E-state index is -0.608. The number of halogens is 1. The van der Waals surface area contributed by atoms with Crippen molar-refractivity contribution in [1.82, 2.24) is 4.90 Å². The molecule has 0 spiro atoms. The minimum absolute atomic E-state index is 0.0235. The molecule has 0 aromatic heterocycles. The summed E-state index contributed by atoms with van der Waals surface area (Å²) in [5.74, 6) is 0.876. The van der Waals surface area contributed by atoms with Crippen molar-refractivity contribution in [2.75, 3.05) is 27.3 Å². The summed E-state index contributed by atoms with van der Waals surface area (Å²) in [7, 11) is 3.21. The molecule has 29 heavy (non-hydrogen) atoms. The van der Waals surface area contributed by atoms with Gasteiger partial charge in [-0.25, -0.2) is 0 Å². The van der Waals surface area contributed by atoms with Crippen LogP contribution in [0.1, 0.15) is 23.5 Å². The van der Waals surface area contributed by atoms with E-state index in [2.05, 4.69) is 63.9 Å². The Morgan fingerprint density at radius 2 is 1.83 bits per heavy atom. The molecule has 4 rings (SSSR count). The number of hydrogen-bond donors (Lipinski definition) is 0.